The Hall–Kier alpha value is -1.09. The number of carbonyl (C=O) groups excluding carboxylic acids is 1. The molecule has 0 bridgehead atoms. The van der Waals surface area contributed by atoms with Crippen molar-refractivity contribution in [3.8, 4) is 0 Å². The lowest BCUT2D eigenvalue weighted by Crippen LogP contribution is -2.20. The van der Waals surface area contributed by atoms with Crippen molar-refractivity contribution in [2.45, 2.75) is 25.4 Å². The molecular weight excluding hydrogens is 180 g/mol. The molecular formula is C11H14O3. The molecule has 76 valence electrons. The molecule has 0 aromatic carbocycles. The molecule has 0 saturated carbocycles. The van der Waals surface area contributed by atoms with E-state index in [1.54, 1.807) is 14.2 Å². The Bertz CT molecular complexity index is 325. The lowest BCUT2D eigenvalue weighted by molar-refractivity contribution is -0.114. The summed E-state index contributed by atoms with van der Waals surface area (Å²) in [5.74, 6) is 1.01. The predicted octanol–water partition coefficient (Wildman–Crippen LogP) is 1.59. The van der Waals surface area contributed by atoms with Gasteiger partial charge in [-0.05, 0) is 12.5 Å². The van der Waals surface area contributed by atoms with Crippen LogP contribution in [-0.2, 0) is 14.3 Å². The standard InChI is InChI=1S/C11H14O3/c1-13-10-5-7-3-4-9(12)8(7)6-11(10)14-2/h6,10H,3-5H2,1-2H3. The van der Waals surface area contributed by atoms with Crippen LogP contribution in [0, 0.1) is 0 Å². The van der Waals surface area contributed by atoms with Crippen molar-refractivity contribution < 1.29 is 14.3 Å². The minimum atomic E-state index is -0.00958. The maximum absolute atomic E-state index is 11.5. The lowest BCUT2D eigenvalue weighted by Gasteiger charge is -2.22. The van der Waals surface area contributed by atoms with Crippen molar-refractivity contribution in [2.75, 3.05) is 14.2 Å². The summed E-state index contributed by atoms with van der Waals surface area (Å²) in [5.41, 5.74) is 2.08. The smallest absolute Gasteiger partial charge is 0.163 e. The number of rotatable bonds is 2. The first kappa shape index (κ1) is 9.46. The minimum absolute atomic E-state index is 0.00958. The van der Waals surface area contributed by atoms with Gasteiger partial charge in [0, 0.05) is 25.5 Å². The van der Waals surface area contributed by atoms with Gasteiger partial charge in [-0.2, -0.15) is 0 Å². The number of Topliss-reactive ketones (excluding diaryl/α,β-unsaturated/α-hetero) is 1. The van der Waals surface area contributed by atoms with Crippen molar-refractivity contribution in [1.29, 1.82) is 0 Å². The van der Waals surface area contributed by atoms with Crippen molar-refractivity contribution in [3.63, 3.8) is 0 Å². The third-order valence-corrected chi connectivity index (χ3v) is 2.89. The fourth-order valence-electron chi connectivity index (χ4n) is 2.07. The number of methoxy groups -OCH3 is 2. The molecule has 2 aliphatic carbocycles. The average molecular weight is 194 g/mol. The van der Waals surface area contributed by atoms with Gasteiger partial charge >= 0.3 is 0 Å². The van der Waals surface area contributed by atoms with Crippen molar-refractivity contribution in [3.05, 3.63) is 23.0 Å². The van der Waals surface area contributed by atoms with Crippen LogP contribution in [-0.4, -0.2) is 26.1 Å². The van der Waals surface area contributed by atoms with Gasteiger partial charge in [0.15, 0.2) is 5.78 Å². The third kappa shape index (κ3) is 1.38. The molecule has 0 aliphatic heterocycles. The maximum Gasteiger partial charge on any atom is 0.163 e. The summed E-state index contributed by atoms with van der Waals surface area (Å²) in [4.78, 5) is 11.5. The van der Waals surface area contributed by atoms with Crippen LogP contribution in [0.2, 0.25) is 0 Å². The fourth-order valence-corrected chi connectivity index (χ4v) is 2.07. The number of ketones is 1. The second-order valence-corrected chi connectivity index (χ2v) is 3.62. The summed E-state index contributed by atoms with van der Waals surface area (Å²) < 4.78 is 10.5. The minimum Gasteiger partial charge on any atom is -0.498 e. The van der Waals surface area contributed by atoms with E-state index in [2.05, 4.69) is 0 Å². The van der Waals surface area contributed by atoms with Gasteiger partial charge < -0.3 is 9.47 Å². The highest BCUT2D eigenvalue weighted by Crippen LogP contribution is 2.34. The molecule has 0 aromatic rings. The quantitative estimate of drug-likeness (QED) is 0.669. The molecule has 1 atom stereocenters. The van der Waals surface area contributed by atoms with E-state index < -0.39 is 0 Å². The van der Waals surface area contributed by atoms with Gasteiger partial charge in [-0.1, -0.05) is 5.57 Å². The zero-order valence-corrected chi connectivity index (χ0v) is 8.50. The average Bonchev–Trinajstić information content (AvgIpc) is 2.58. The summed E-state index contributed by atoms with van der Waals surface area (Å²) in [6.45, 7) is 0. The first-order valence-corrected chi connectivity index (χ1v) is 4.80. The molecule has 0 N–H and O–H groups in total. The zero-order valence-electron chi connectivity index (χ0n) is 8.50. The molecule has 0 heterocycles. The summed E-state index contributed by atoms with van der Waals surface area (Å²) in [5, 5.41) is 0. The highest BCUT2D eigenvalue weighted by molar-refractivity contribution is 6.01. The monoisotopic (exact) mass is 194 g/mol. The van der Waals surface area contributed by atoms with E-state index in [0.29, 0.717) is 6.42 Å². The highest BCUT2D eigenvalue weighted by atomic mass is 16.5. The molecule has 14 heavy (non-hydrogen) atoms. The molecule has 0 amide bonds. The number of ether oxygens (including phenoxy) is 2. The molecule has 1 unspecified atom stereocenters. The Balaban J connectivity index is 2.31. The number of hydrogen-bond acceptors (Lipinski definition) is 3. The summed E-state index contributed by atoms with van der Waals surface area (Å²) >= 11 is 0. The van der Waals surface area contributed by atoms with E-state index in [0.717, 1.165) is 24.2 Å². The molecule has 0 fully saturated rings. The Labute approximate surface area is 83.4 Å². The highest BCUT2D eigenvalue weighted by Gasteiger charge is 2.30. The Morgan fingerprint density at radius 1 is 1.36 bits per heavy atom. The molecule has 0 saturated heterocycles. The summed E-state index contributed by atoms with van der Waals surface area (Å²) in [7, 11) is 3.28. The van der Waals surface area contributed by atoms with Crippen LogP contribution in [0.5, 0.6) is 0 Å². The van der Waals surface area contributed by atoms with Gasteiger partial charge in [-0.3, -0.25) is 4.79 Å². The molecule has 2 rings (SSSR count). The lowest BCUT2D eigenvalue weighted by atomic mass is 9.96. The van der Waals surface area contributed by atoms with Crippen LogP contribution in [0.4, 0.5) is 0 Å². The normalized spacial score (nSPS) is 26.3. The number of allylic oxidation sites excluding steroid dienone is 2. The van der Waals surface area contributed by atoms with Crippen molar-refractivity contribution in [1.82, 2.24) is 0 Å². The third-order valence-electron chi connectivity index (χ3n) is 2.89. The first-order valence-electron chi connectivity index (χ1n) is 4.80. The van der Waals surface area contributed by atoms with E-state index in [1.165, 1.54) is 5.57 Å². The van der Waals surface area contributed by atoms with Crippen LogP contribution in [0.25, 0.3) is 0 Å². The van der Waals surface area contributed by atoms with Gasteiger partial charge in [0.25, 0.3) is 0 Å². The van der Waals surface area contributed by atoms with E-state index in [-0.39, 0.29) is 11.9 Å². The van der Waals surface area contributed by atoms with E-state index >= 15 is 0 Å². The summed E-state index contributed by atoms with van der Waals surface area (Å²) in [6.07, 6.45) is 4.17. The molecule has 3 heteroatoms. The largest absolute Gasteiger partial charge is 0.498 e. The first-order chi connectivity index (χ1) is 6.76. The van der Waals surface area contributed by atoms with Gasteiger partial charge in [0.2, 0.25) is 0 Å². The molecule has 0 spiro atoms. The molecule has 0 radical (unpaired) electrons. The second kappa shape index (κ2) is 3.58. The van der Waals surface area contributed by atoms with E-state index in [4.69, 9.17) is 9.47 Å². The Kier molecular flexibility index (Phi) is 2.42. The van der Waals surface area contributed by atoms with Crippen molar-refractivity contribution in [2.24, 2.45) is 0 Å². The predicted molar refractivity (Wildman–Crippen MR) is 51.8 cm³/mol. The molecule has 2 aliphatic rings. The summed E-state index contributed by atoms with van der Waals surface area (Å²) in [6, 6.07) is 0. The van der Waals surface area contributed by atoms with Crippen molar-refractivity contribution >= 4 is 5.78 Å². The van der Waals surface area contributed by atoms with Crippen LogP contribution in [0.15, 0.2) is 23.0 Å². The van der Waals surface area contributed by atoms with Crippen LogP contribution < -0.4 is 0 Å². The van der Waals surface area contributed by atoms with Crippen LogP contribution in [0.3, 0.4) is 0 Å². The Morgan fingerprint density at radius 3 is 2.79 bits per heavy atom. The SMILES string of the molecule is COC1=CC2=C(CCC2=O)CC1OC. The second-order valence-electron chi connectivity index (χ2n) is 3.62. The number of hydrogen-bond donors (Lipinski definition) is 0. The van der Waals surface area contributed by atoms with E-state index in [1.807, 2.05) is 6.08 Å². The molecule has 0 aromatic heterocycles. The topological polar surface area (TPSA) is 35.5 Å². The van der Waals surface area contributed by atoms with Crippen LogP contribution in [0.1, 0.15) is 19.3 Å². The maximum atomic E-state index is 11.5. The zero-order chi connectivity index (χ0) is 10.1. The number of carbonyl (C=O) groups is 1. The van der Waals surface area contributed by atoms with E-state index in [9.17, 15) is 4.79 Å². The Morgan fingerprint density at radius 2 is 2.14 bits per heavy atom. The van der Waals surface area contributed by atoms with Crippen LogP contribution >= 0.6 is 0 Å². The van der Waals surface area contributed by atoms with Gasteiger partial charge in [-0.25, -0.2) is 0 Å². The van der Waals surface area contributed by atoms with Gasteiger partial charge in [0.05, 0.1) is 7.11 Å². The molecule has 3 nitrogen and oxygen atoms in total. The van der Waals surface area contributed by atoms with Gasteiger partial charge in [-0.15, -0.1) is 0 Å². The van der Waals surface area contributed by atoms with Gasteiger partial charge in [0.1, 0.15) is 11.9 Å². The fraction of sp³-hybridized carbons (Fsp3) is 0.545.